The van der Waals surface area contributed by atoms with Gasteiger partial charge in [0.15, 0.2) is 0 Å². The minimum atomic E-state index is -0.608. The van der Waals surface area contributed by atoms with Gasteiger partial charge in [-0.2, -0.15) is 0 Å². The fourth-order valence-electron chi connectivity index (χ4n) is 5.26. The minimum Gasteiger partial charge on any atom is -0.455 e. The summed E-state index contributed by atoms with van der Waals surface area (Å²) in [5.74, 6) is 0.404. The molecule has 0 fully saturated rings. The van der Waals surface area contributed by atoms with Crippen LogP contribution in [0.15, 0.2) is 54.6 Å². The zero-order valence-corrected chi connectivity index (χ0v) is 26.3. The highest BCUT2D eigenvalue weighted by Crippen LogP contribution is 2.20. The summed E-state index contributed by atoms with van der Waals surface area (Å²) in [6, 6.07) is 18.8. The molecule has 0 N–H and O–H groups in total. The van der Waals surface area contributed by atoms with Crippen LogP contribution in [-0.2, 0) is 22.5 Å². The molecule has 2 unspecified atom stereocenters. The van der Waals surface area contributed by atoms with Gasteiger partial charge >= 0.3 is 5.97 Å². The van der Waals surface area contributed by atoms with Gasteiger partial charge < -0.3 is 14.0 Å². The first-order valence-electron chi connectivity index (χ1n) is 16.1. The van der Waals surface area contributed by atoms with Crippen LogP contribution in [0.2, 0.25) is 0 Å². The second-order valence-corrected chi connectivity index (χ2v) is 12.4. The average molecular weight is 553 g/mol. The number of rotatable bonds is 22. The largest absolute Gasteiger partial charge is 0.455 e. The molecule has 0 aliphatic rings. The van der Waals surface area contributed by atoms with E-state index in [-0.39, 0.29) is 11.9 Å². The fourth-order valence-corrected chi connectivity index (χ4v) is 5.26. The van der Waals surface area contributed by atoms with Crippen molar-refractivity contribution in [1.82, 2.24) is 0 Å². The molecule has 4 heteroatoms. The first-order chi connectivity index (χ1) is 19.3. The van der Waals surface area contributed by atoms with Crippen LogP contribution < -0.4 is 4.74 Å². The third kappa shape index (κ3) is 15.5. The van der Waals surface area contributed by atoms with Crippen molar-refractivity contribution in [2.24, 2.45) is 5.92 Å². The lowest BCUT2D eigenvalue weighted by molar-refractivity contribution is -0.904. The molecule has 0 aliphatic heterocycles. The van der Waals surface area contributed by atoms with Crippen LogP contribution in [-0.4, -0.2) is 37.4 Å². The Kier molecular flexibility index (Phi) is 16.7. The quantitative estimate of drug-likeness (QED) is 0.0631. The highest BCUT2D eigenvalue weighted by molar-refractivity contribution is 5.72. The summed E-state index contributed by atoms with van der Waals surface area (Å²) in [4.78, 5) is 12.7. The number of esters is 1. The standard InChI is InChI=1S/C36H58NO3/c1-6-7-8-9-10-11-12-13-14-15-16-18-22-33-25-21-26-35(29-33)39-32(3)40-36(38)31(2)27-28-37(4,5)30-34-23-19-17-20-24-34/h17,19-21,23-26,29,31-32H,6-16,18,22,27-28,30H2,1-5H3/q+1. The Morgan fingerprint density at radius 1 is 0.750 bits per heavy atom. The molecule has 0 saturated carbocycles. The maximum atomic E-state index is 12.7. The monoisotopic (exact) mass is 552 g/mol. The van der Waals surface area contributed by atoms with Crippen molar-refractivity contribution in [3.05, 3.63) is 65.7 Å². The molecule has 0 bridgehead atoms. The molecule has 2 aromatic rings. The van der Waals surface area contributed by atoms with Gasteiger partial charge in [-0.05, 0) is 30.5 Å². The Labute approximate surface area is 246 Å². The van der Waals surface area contributed by atoms with Crippen LogP contribution in [0, 0.1) is 5.92 Å². The Balaban J connectivity index is 1.60. The number of carbonyl (C=O) groups is 1. The molecule has 40 heavy (non-hydrogen) atoms. The highest BCUT2D eigenvalue weighted by atomic mass is 16.7. The second-order valence-electron chi connectivity index (χ2n) is 12.4. The minimum absolute atomic E-state index is 0.170. The van der Waals surface area contributed by atoms with E-state index in [0.717, 1.165) is 36.2 Å². The summed E-state index contributed by atoms with van der Waals surface area (Å²) in [6.45, 7) is 7.88. The summed E-state index contributed by atoms with van der Waals surface area (Å²) < 4.78 is 12.4. The Bertz CT molecular complexity index is 927. The number of aryl methyl sites for hydroxylation is 1. The first kappa shape index (κ1) is 33.9. The third-order valence-electron chi connectivity index (χ3n) is 7.82. The molecule has 0 aliphatic carbocycles. The number of hydrogen-bond acceptors (Lipinski definition) is 3. The van der Waals surface area contributed by atoms with Gasteiger partial charge in [0.1, 0.15) is 12.3 Å². The van der Waals surface area contributed by atoms with Gasteiger partial charge in [0.25, 0.3) is 0 Å². The zero-order valence-electron chi connectivity index (χ0n) is 26.3. The van der Waals surface area contributed by atoms with E-state index in [0.29, 0.717) is 0 Å². The molecule has 2 rings (SSSR count). The van der Waals surface area contributed by atoms with E-state index in [9.17, 15) is 4.79 Å². The van der Waals surface area contributed by atoms with E-state index >= 15 is 0 Å². The molecule has 0 heterocycles. The normalized spacial score (nSPS) is 13.1. The molecule has 2 atom stereocenters. The predicted octanol–water partition coefficient (Wildman–Crippen LogP) is 9.50. The van der Waals surface area contributed by atoms with E-state index in [1.807, 2.05) is 25.1 Å². The SMILES string of the molecule is CCCCCCCCCCCCCCc1cccc(OC(C)OC(=O)C(C)CC[N+](C)(C)Cc2ccccc2)c1. The van der Waals surface area contributed by atoms with Gasteiger partial charge in [0, 0.05) is 18.9 Å². The van der Waals surface area contributed by atoms with Gasteiger partial charge in [-0.15, -0.1) is 0 Å². The van der Waals surface area contributed by atoms with E-state index in [4.69, 9.17) is 9.47 Å². The lowest BCUT2D eigenvalue weighted by Gasteiger charge is -2.31. The number of carbonyl (C=O) groups excluding carboxylic acids is 1. The van der Waals surface area contributed by atoms with Gasteiger partial charge in [-0.1, -0.05) is 127 Å². The summed E-state index contributed by atoms with van der Waals surface area (Å²) in [7, 11) is 4.42. The number of nitrogens with zero attached hydrogens (tertiary/aromatic N) is 1. The maximum absolute atomic E-state index is 12.7. The smallest absolute Gasteiger partial charge is 0.311 e. The van der Waals surface area contributed by atoms with Gasteiger partial charge in [-0.3, -0.25) is 4.79 Å². The summed E-state index contributed by atoms with van der Waals surface area (Å²) in [5.41, 5.74) is 2.60. The summed E-state index contributed by atoms with van der Waals surface area (Å²) in [6.07, 6.45) is 17.6. The van der Waals surface area contributed by atoms with Crippen molar-refractivity contribution in [3.8, 4) is 5.75 Å². The molecule has 0 amide bonds. The van der Waals surface area contributed by atoms with Crippen LogP contribution in [0.3, 0.4) is 0 Å². The Hall–Kier alpha value is -2.33. The van der Waals surface area contributed by atoms with Crippen LogP contribution in [0.5, 0.6) is 5.75 Å². The maximum Gasteiger partial charge on any atom is 0.311 e. The lowest BCUT2D eigenvalue weighted by Crippen LogP contribution is -2.41. The van der Waals surface area contributed by atoms with Crippen LogP contribution in [0.1, 0.15) is 115 Å². The van der Waals surface area contributed by atoms with Gasteiger partial charge in [0.05, 0.1) is 26.6 Å². The van der Waals surface area contributed by atoms with Crippen molar-refractivity contribution in [3.63, 3.8) is 0 Å². The molecule has 2 aromatic carbocycles. The lowest BCUT2D eigenvalue weighted by atomic mass is 10.0. The van der Waals surface area contributed by atoms with Gasteiger partial charge in [-0.25, -0.2) is 0 Å². The van der Waals surface area contributed by atoms with Gasteiger partial charge in [0.2, 0.25) is 6.29 Å². The number of quaternary nitrogens is 1. The molecular weight excluding hydrogens is 494 g/mol. The number of ether oxygens (including phenoxy) is 2. The molecule has 0 saturated heterocycles. The first-order valence-corrected chi connectivity index (χ1v) is 16.1. The van der Waals surface area contributed by atoms with E-state index in [1.54, 1.807) is 6.92 Å². The summed E-state index contributed by atoms with van der Waals surface area (Å²) in [5, 5.41) is 0. The molecule has 0 spiro atoms. The number of hydrogen-bond donors (Lipinski definition) is 0. The molecule has 224 valence electrons. The van der Waals surface area contributed by atoms with Crippen molar-refractivity contribution < 1.29 is 18.8 Å². The van der Waals surface area contributed by atoms with E-state index in [1.165, 1.54) is 88.2 Å². The molecular formula is C36H58NO3+. The fraction of sp³-hybridized carbons (Fsp3) is 0.639. The average Bonchev–Trinajstić information content (AvgIpc) is 2.93. The second kappa shape index (κ2) is 19.7. The zero-order chi connectivity index (χ0) is 29.1. The molecule has 0 aromatic heterocycles. The Morgan fingerprint density at radius 3 is 1.95 bits per heavy atom. The van der Waals surface area contributed by atoms with Crippen LogP contribution in [0.4, 0.5) is 0 Å². The van der Waals surface area contributed by atoms with E-state index < -0.39 is 6.29 Å². The highest BCUT2D eigenvalue weighted by Gasteiger charge is 2.23. The Morgan fingerprint density at radius 2 is 1.32 bits per heavy atom. The van der Waals surface area contributed by atoms with Crippen LogP contribution >= 0.6 is 0 Å². The van der Waals surface area contributed by atoms with Crippen molar-refractivity contribution in [1.29, 1.82) is 0 Å². The predicted molar refractivity (Wildman–Crippen MR) is 168 cm³/mol. The van der Waals surface area contributed by atoms with Crippen molar-refractivity contribution >= 4 is 5.97 Å². The van der Waals surface area contributed by atoms with Crippen molar-refractivity contribution in [2.75, 3.05) is 20.6 Å². The molecule has 0 radical (unpaired) electrons. The number of benzene rings is 2. The van der Waals surface area contributed by atoms with Crippen LogP contribution in [0.25, 0.3) is 0 Å². The third-order valence-corrected chi connectivity index (χ3v) is 7.82. The molecule has 4 nitrogen and oxygen atoms in total. The topological polar surface area (TPSA) is 35.5 Å². The van der Waals surface area contributed by atoms with E-state index in [2.05, 4.69) is 57.4 Å². The number of unbranched alkanes of at least 4 members (excludes halogenated alkanes) is 11. The summed E-state index contributed by atoms with van der Waals surface area (Å²) >= 11 is 0. The van der Waals surface area contributed by atoms with Crippen molar-refractivity contribution in [2.45, 2.75) is 123 Å².